The maximum Gasteiger partial charge on any atom is 0.171 e. The van der Waals surface area contributed by atoms with E-state index in [0.29, 0.717) is 31.8 Å². The van der Waals surface area contributed by atoms with E-state index in [0.717, 1.165) is 25.7 Å². The molecule has 4 nitrogen and oxygen atoms in total. The largest absolute Gasteiger partial charge is 0.393 e. The van der Waals surface area contributed by atoms with Crippen LogP contribution in [0.2, 0.25) is 0 Å². The first kappa shape index (κ1) is 12.6. The monoisotopic (exact) mass is 254 g/mol. The van der Waals surface area contributed by atoms with Gasteiger partial charge in [-0.15, -0.1) is 0 Å². The minimum absolute atomic E-state index is 0.192. The first-order valence-corrected chi connectivity index (χ1v) is 7.06. The lowest BCUT2D eigenvalue weighted by Gasteiger charge is -2.41. The van der Waals surface area contributed by atoms with Crippen molar-refractivity contribution in [3.05, 3.63) is 0 Å². The summed E-state index contributed by atoms with van der Waals surface area (Å²) in [7, 11) is 0. The fourth-order valence-electron chi connectivity index (χ4n) is 3.97. The topological polar surface area (TPSA) is 55.8 Å². The van der Waals surface area contributed by atoms with Crippen molar-refractivity contribution < 1.29 is 19.4 Å². The molecule has 1 spiro atoms. The van der Waals surface area contributed by atoms with Gasteiger partial charge in [-0.05, 0) is 32.6 Å². The summed E-state index contributed by atoms with van der Waals surface area (Å²) in [6, 6.07) is 0. The van der Waals surface area contributed by atoms with Crippen LogP contribution in [-0.4, -0.2) is 36.0 Å². The summed E-state index contributed by atoms with van der Waals surface area (Å²) in [6.45, 7) is 3.11. The number of carbonyl (C=O) groups is 1. The molecule has 3 fully saturated rings. The van der Waals surface area contributed by atoms with E-state index in [1.54, 1.807) is 6.92 Å². The molecule has 1 unspecified atom stereocenters. The molecule has 1 saturated heterocycles. The Morgan fingerprint density at radius 2 is 2.11 bits per heavy atom. The highest BCUT2D eigenvalue weighted by Gasteiger charge is 2.60. The maximum absolute atomic E-state index is 12.3. The molecule has 4 heteroatoms. The molecule has 0 aromatic rings. The molecule has 0 amide bonds. The minimum Gasteiger partial charge on any atom is -0.393 e. The molecule has 102 valence electrons. The molecule has 1 N–H and O–H groups in total. The van der Waals surface area contributed by atoms with Crippen molar-refractivity contribution in [1.82, 2.24) is 0 Å². The van der Waals surface area contributed by atoms with E-state index in [4.69, 9.17) is 9.47 Å². The lowest BCUT2D eigenvalue weighted by molar-refractivity contribution is -0.215. The third-order valence-electron chi connectivity index (χ3n) is 5.05. The van der Waals surface area contributed by atoms with Crippen molar-refractivity contribution in [1.29, 1.82) is 0 Å². The Bertz CT molecular complexity index is 346. The summed E-state index contributed by atoms with van der Waals surface area (Å²) >= 11 is 0. The van der Waals surface area contributed by atoms with Gasteiger partial charge in [-0.3, -0.25) is 4.79 Å². The van der Waals surface area contributed by atoms with E-state index in [1.807, 2.05) is 0 Å². The van der Waals surface area contributed by atoms with Crippen molar-refractivity contribution in [3.63, 3.8) is 0 Å². The van der Waals surface area contributed by atoms with E-state index in [1.165, 1.54) is 0 Å². The number of carbonyl (C=O) groups excluding carboxylic acids is 1. The number of hydrogen-bond acceptors (Lipinski definition) is 4. The van der Waals surface area contributed by atoms with Crippen molar-refractivity contribution in [2.24, 2.45) is 11.3 Å². The second kappa shape index (κ2) is 4.29. The van der Waals surface area contributed by atoms with Crippen molar-refractivity contribution in [2.75, 3.05) is 13.2 Å². The highest BCUT2D eigenvalue weighted by atomic mass is 16.7. The molecule has 3 rings (SSSR count). The Balaban J connectivity index is 1.75. The highest BCUT2D eigenvalue weighted by molar-refractivity contribution is 5.87. The Labute approximate surface area is 108 Å². The number of Topliss-reactive ketones (excluding diaryl/α,β-unsaturated/α-hetero) is 1. The molecule has 1 aliphatic heterocycles. The zero-order valence-electron chi connectivity index (χ0n) is 11.0. The van der Waals surface area contributed by atoms with Gasteiger partial charge >= 0.3 is 0 Å². The van der Waals surface area contributed by atoms with Gasteiger partial charge < -0.3 is 14.6 Å². The number of fused-ring (bicyclic) bond motifs is 3. The van der Waals surface area contributed by atoms with Crippen LogP contribution in [0.15, 0.2) is 0 Å². The standard InChI is InChI=1S/C14H22O4/c1-10(15)2-3-13-4-5-14(17-6-7-18-14)11(9-13)8-12(13)16/h10-11,15H,2-9H2,1H3/t10?,11-,13-/m0/s1. The predicted octanol–water partition coefficient (Wildman–Crippen LogP) is 1.65. The van der Waals surface area contributed by atoms with Crippen LogP contribution in [0, 0.1) is 11.3 Å². The molecule has 3 aliphatic rings. The third-order valence-corrected chi connectivity index (χ3v) is 5.05. The lowest BCUT2D eigenvalue weighted by Crippen LogP contribution is -2.43. The fourth-order valence-corrected chi connectivity index (χ4v) is 3.97. The molecular weight excluding hydrogens is 232 g/mol. The zero-order valence-corrected chi connectivity index (χ0v) is 11.0. The van der Waals surface area contributed by atoms with Crippen molar-refractivity contribution >= 4 is 5.78 Å². The van der Waals surface area contributed by atoms with Gasteiger partial charge in [-0.25, -0.2) is 0 Å². The molecule has 0 radical (unpaired) electrons. The molecule has 2 bridgehead atoms. The van der Waals surface area contributed by atoms with Crippen LogP contribution in [0.25, 0.3) is 0 Å². The number of hydrogen-bond donors (Lipinski definition) is 1. The maximum atomic E-state index is 12.3. The van der Waals surface area contributed by atoms with Crippen molar-refractivity contribution in [3.8, 4) is 0 Å². The summed E-state index contributed by atoms with van der Waals surface area (Å²) < 4.78 is 11.6. The van der Waals surface area contributed by atoms with Crippen LogP contribution < -0.4 is 0 Å². The van der Waals surface area contributed by atoms with Gasteiger partial charge in [-0.2, -0.15) is 0 Å². The van der Waals surface area contributed by atoms with E-state index in [-0.39, 0.29) is 17.4 Å². The Kier molecular flexibility index (Phi) is 3.00. The first-order chi connectivity index (χ1) is 8.56. The Hall–Kier alpha value is -0.450. The molecule has 2 aliphatic carbocycles. The van der Waals surface area contributed by atoms with Crippen LogP contribution in [-0.2, 0) is 14.3 Å². The summed E-state index contributed by atoms with van der Waals surface area (Å²) in [5, 5.41) is 9.44. The van der Waals surface area contributed by atoms with Crippen LogP contribution >= 0.6 is 0 Å². The Morgan fingerprint density at radius 1 is 1.39 bits per heavy atom. The molecule has 0 aromatic carbocycles. The summed E-state index contributed by atoms with van der Waals surface area (Å²) in [6.07, 6.45) is 4.39. The quantitative estimate of drug-likeness (QED) is 0.832. The molecule has 0 aromatic heterocycles. The molecule has 3 atom stereocenters. The molecular formula is C14H22O4. The van der Waals surface area contributed by atoms with Crippen LogP contribution in [0.5, 0.6) is 0 Å². The molecule has 2 saturated carbocycles. The van der Waals surface area contributed by atoms with Gasteiger partial charge in [0.25, 0.3) is 0 Å². The van der Waals surface area contributed by atoms with Gasteiger partial charge in [-0.1, -0.05) is 0 Å². The van der Waals surface area contributed by atoms with Crippen molar-refractivity contribution in [2.45, 2.75) is 57.3 Å². The third kappa shape index (κ3) is 1.82. The van der Waals surface area contributed by atoms with Crippen LogP contribution in [0.1, 0.15) is 45.4 Å². The number of rotatable bonds is 3. The average Bonchev–Trinajstić information content (AvgIpc) is 2.89. The zero-order chi connectivity index (χ0) is 12.8. The van der Waals surface area contributed by atoms with E-state index >= 15 is 0 Å². The SMILES string of the molecule is CC(O)CC[C@@]12CCC3(OCCO3)[C@@H](CC1=O)C2. The first-order valence-electron chi connectivity index (χ1n) is 7.06. The lowest BCUT2D eigenvalue weighted by atomic mass is 9.70. The highest BCUT2D eigenvalue weighted by Crippen LogP contribution is 2.57. The smallest absolute Gasteiger partial charge is 0.171 e. The second-order valence-corrected chi connectivity index (χ2v) is 6.21. The fraction of sp³-hybridized carbons (Fsp3) is 0.929. The van der Waals surface area contributed by atoms with Gasteiger partial charge in [0.15, 0.2) is 5.79 Å². The minimum atomic E-state index is -0.458. The number of aliphatic hydroxyl groups excluding tert-OH is 1. The second-order valence-electron chi connectivity index (χ2n) is 6.21. The van der Waals surface area contributed by atoms with Gasteiger partial charge in [0, 0.05) is 24.2 Å². The average molecular weight is 254 g/mol. The summed E-state index contributed by atoms with van der Waals surface area (Å²) in [5.74, 6) is 0.139. The van der Waals surface area contributed by atoms with E-state index in [9.17, 15) is 9.90 Å². The van der Waals surface area contributed by atoms with E-state index < -0.39 is 5.79 Å². The number of aliphatic hydroxyl groups is 1. The Morgan fingerprint density at radius 3 is 2.78 bits per heavy atom. The molecule has 1 heterocycles. The van der Waals surface area contributed by atoms with E-state index in [2.05, 4.69) is 0 Å². The number of ketones is 1. The van der Waals surface area contributed by atoms with Gasteiger partial charge in [0.2, 0.25) is 0 Å². The van der Waals surface area contributed by atoms with Crippen LogP contribution in [0.3, 0.4) is 0 Å². The normalized spacial score (nSPS) is 39.4. The van der Waals surface area contributed by atoms with Gasteiger partial charge in [0.05, 0.1) is 19.3 Å². The number of ether oxygens (including phenoxy) is 2. The summed E-state index contributed by atoms with van der Waals surface area (Å²) in [4.78, 5) is 12.3. The molecule has 18 heavy (non-hydrogen) atoms. The predicted molar refractivity (Wildman–Crippen MR) is 64.9 cm³/mol. The van der Waals surface area contributed by atoms with Gasteiger partial charge in [0.1, 0.15) is 5.78 Å². The summed E-state index contributed by atoms with van der Waals surface area (Å²) in [5.41, 5.74) is -0.192. The van der Waals surface area contributed by atoms with Crippen LogP contribution in [0.4, 0.5) is 0 Å².